The fourth-order valence-electron chi connectivity index (χ4n) is 2.57. The molecular formula is C16H25NO. The van der Waals surface area contributed by atoms with Crippen molar-refractivity contribution in [1.82, 2.24) is 5.32 Å². The first-order valence-corrected chi connectivity index (χ1v) is 6.94. The standard InChI is InChI=1S/C16H25NO/c1-13(2)16(7-8-16)12-17-10-14-5-4-6-15(9-14)11-18-3/h4-6,9,13,17H,7-8,10-12H2,1-3H3. The monoisotopic (exact) mass is 247 g/mol. The molecule has 1 aliphatic rings. The maximum absolute atomic E-state index is 5.16. The van der Waals surface area contributed by atoms with Gasteiger partial charge in [-0.15, -0.1) is 0 Å². The van der Waals surface area contributed by atoms with E-state index in [0.29, 0.717) is 12.0 Å². The van der Waals surface area contributed by atoms with Crippen LogP contribution in [0.1, 0.15) is 37.8 Å². The highest BCUT2D eigenvalue weighted by atomic mass is 16.5. The minimum absolute atomic E-state index is 0.587. The second kappa shape index (κ2) is 5.85. The van der Waals surface area contributed by atoms with Crippen molar-refractivity contribution in [3.8, 4) is 0 Å². The number of methoxy groups -OCH3 is 1. The molecule has 2 heteroatoms. The van der Waals surface area contributed by atoms with Gasteiger partial charge in [-0.2, -0.15) is 0 Å². The van der Waals surface area contributed by atoms with E-state index in [9.17, 15) is 0 Å². The highest BCUT2D eigenvalue weighted by molar-refractivity contribution is 5.22. The summed E-state index contributed by atoms with van der Waals surface area (Å²) < 4.78 is 5.16. The van der Waals surface area contributed by atoms with Gasteiger partial charge >= 0.3 is 0 Å². The Kier molecular flexibility index (Phi) is 4.41. The van der Waals surface area contributed by atoms with Crippen molar-refractivity contribution in [2.45, 2.75) is 39.8 Å². The fraction of sp³-hybridized carbons (Fsp3) is 0.625. The van der Waals surface area contributed by atoms with Gasteiger partial charge in [-0.3, -0.25) is 0 Å². The number of ether oxygens (including phenoxy) is 1. The summed E-state index contributed by atoms with van der Waals surface area (Å²) in [5, 5.41) is 3.61. The molecule has 1 aromatic carbocycles. The molecule has 2 rings (SSSR count). The largest absolute Gasteiger partial charge is 0.380 e. The summed E-state index contributed by atoms with van der Waals surface area (Å²) >= 11 is 0. The normalized spacial score (nSPS) is 17.1. The Morgan fingerprint density at radius 1 is 1.28 bits per heavy atom. The molecule has 0 aromatic heterocycles. The van der Waals surface area contributed by atoms with E-state index in [-0.39, 0.29) is 0 Å². The van der Waals surface area contributed by atoms with Crippen LogP contribution in [-0.2, 0) is 17.9 Å². The van der Waals surface area contributed by atoms with Gasteiger partial charge < -0.3 is 10.1 Å². The van der Waals surface area contributed by atoms with Gasteiger partial charge in [0.15, 0.2) is 0 Å². The zero-order valence-electron chi connectivity index (χ0n) is 11.8. The van der Waals surface area contributed by atoms with Crippen LogP contribution < -0.4 is 5.32 Å². The molecule has 1 fully saturated rings. The Morgan fingerprint density at radius 2 is 2.00 bits per heavy atom. The van der Waals surface area contributed by atoms with E-state index in [2.05, 4.69) is 43.4 Å². The SMILES string of the molecule is COCc1cccc(CNCC2(C(C)C)CC2)c1. The van der Waals surface area contributed by atoms with Crippen molar-refractivity contribution in [2.75, 3.05) is 13.7 Å². The summed E-state index contributed by atoms with van der Waals surface area (Å²) in [5.74, 6) is 0.796. The molecule has 0 unspecified atom stereocenters. The Morgan fingerprint density at radius 3 is 2.61 bits per heavy atom. The molecule has 0 amide bonds. The lowest BCUT2D eigenvalue weighted by molar-refractivity contribution is 0.185. The zero-order chi connectivity index (χ0) is 13.0. The summed E-state index contributed by atoms with van der Waals surface area (Å²) in [6.07, 6.45) is 2.78. The highest BCUT2D eigenvalue weighted by Gasteiger charge is 2.44. The molecule has 18 heavy (non-hydrogen) atoms. The summed E-state index contributed by atoms with van der Waals surface area (Å²) in [6.45, 7) is 7.50. The Bertz CT molecular complexity index is 382. The van der Waals surface area contributed by atoms with Gasteiger partial charge in [0.25, 0.3) is 0 Å². The zero-order valence-corrected chi connectivity index (χ0v) is 11.8. The van der Waals surface area contributed by atoms with Crippen LogP contribution in [0.3, 0.4) is 0 Å². The van der Waals surface area contributed by atoms with Crippen molar-refractivity contribution in [3.05, 3.63) is 35.4 Å². The van der Waals surface area contributed by atoms with Crippen LogP contribution in [0.25, 0.3) is 0 Å². The summed E-state index contributed by atoms with van der Waals surface area (Å²) in [4.78, 5) is 0. The third-order valence-electron chi connectivity index (χ3n) is 4.23. The molecule has 0 radical (unpaired) electrons. The van der Waals surface area contributed by atoms with Crippen LogP contribution in [0, 0.1) is 11.3 Å². The van der Waals surface area contributed by atoms with Crippen molar-refractivity contribution in [3.63, 3.8) is 0 Å². The quantitative estimate of drug-likeness (QED) is 0.797. The first-order valence-electron chi connectivity index (χ1n) is 6.94. The molecule has 0 saturated heterocycles. The molecule has 2 nitrogen and oxygen atoms in total. The molecule has 0 bridgehead atoms. The van der Waals surface area contributed by atoms with Crippen LogP contribution in [0.2, 0.25) is 0 Å². The molecule has 1 aromatic rings. The lowest BCUT2D eigenvalue weighted by Crippen LogP contribution is -2.27. The minimum atomic E-state index is 0.587. The first-order chi connectivity index (χ1) is 8.66. The lowest BCUT2D eigenvalue weighted by atomic mass is 9.92. The Balaban J connectivity index is 1.81. The van der Waals surface area contributed by atoms with Gasteiger partial charge in [-0.1, -0.05) is 38.1 Å². The lowest BCUT2D eigenvalue weighted by Gasteiger charge is -2.20. The molecule has 0 heterocycles. The number of rotatable bonds is 7. The summed E-state index contributed by atoms with van der Waals surface area (Å²) in [5.41, 5.74) is 3.19. The van der Waals surface area contributed by atoms with E-state index in [1.165, 1.54) is 24.0 Å². The summed E-state index contributed by atoms with van der Waals surface area (Å²) in [6, 6.07) is 8.64. The van der Waals surface area contributed by atoms with Crippen molar-refractivity contribution < 1.29 is 4.74 Å². The first kappa shape index (κ1) is 13.6. The van der Waals surface area contributed by atoms with Crippen molar-refractivity contribution >= 4 is 0 Å². The maximum Gasteiger partial charge on any atom is 0.0713 e. The average Bonchev–Trinajstić information content (AvgIpc) is 3.11. The van der Waals surface area contributed by atoms with Gasteiger partial charge in [0.05, 0.1) is 6.61 Å². The van der Waals surface area contributed by atoms with E-state index in [1.807, 2.05) is 0 Å². The van der Waals surface area contributed by atoms with Crippen LogP contribution in [-0.4, -0.2) is 13.7 Å². The number of nitrogens with one attached hydrogen (secondary N) is 1. The van der Waals surface area contributed by atoms with E-state index in [0.717, 1.165) is 19.0 Å². The van der Waals surface area contributed by atoms with E-state index < -0.39 is 0 Å². The second-order valence-electron chi connectivity index (χ2n) is 5.87. The summed E-state index contributed by atoms with van der Waals surface area (Å²) in [7, 11) is 1.74. The number of hydrogen-bond acceptors (Lipinski definition) is 2. The van der Waals surface area contributed by atoms with Crippen LogP contribution in [0.15, 0.2) is 24.3 Å². The highest BCUT2D eigenvalue weighted by Crippen LogP contribution is 2.51. The van der Waals surface area contributed by atoms with Gasteiger partial charge in [0.1, 0.15) is 0 Å². The van der Waals surface area contributed by atoms with E-state index in [1.54, 1.807) is 7.11 Å². The average molecular weight is 247 g/mol. The molecule has 0 aliphatic heterocycles. The molecule has 100 valence electrons. The van der Waals surface area contributed by atoms with Crippen LogP contribution >= 0.6 is 0 Å². The predicted molar refractivity (Wildman–Crippen MR) is 75.4 cm³/mol. The van der Waals surface area contributed by atoms with Gasteiger partial charge in [0.2, 0.25) is 0 Å². The van der Waals surface area contributed by atoms with E-state index in [4.69, 9.17) is 4.74 Å². The second-order valence-corrected chi connectivity index (χ2v) is 5.87. The molecule has 1 aliphatic carbocycles. The smallest absolute Gasteiger partial charge is 0.0713 e. The molecular weight excluding hydrogens is 222 g/mol. The molecule has 1 saturated carbocycles. The van der Waals surface area contributed by atoms with Gasteiger partial charge in [-0.25, -0.2) is 0 Å². The predicted octanol–water partition coefficient (Wildman–Crippen LogP) is 3.36. The fourth-order valence-corrected chi connectivity index (χ4v) is 2.57. The van der Waals surface area contributed by atoms with Gasteiger partial charge in [0, 0.05) is 20.2 Å². The van der Waals surface area contributed by atoms with Gasteiger partial charge in [-0.05, 0) is 35.3 Å². The minimum Gasteiger partial charge on any atom is -0.380 e. The molecule has 0 atom stereocenters. The topological polar surface area (TPSA) is 21.3 Å². The van der Waals surface area contributed by atoms with Crippen molar-refractivity contribution in [1.29, 1.82) is 0 Å². The molecule has 0 spiro atoms. The third-order valence-corrected chi connectivity index (χ3v) is 4.23. The van der Waals surface area contributed by atoms with Crippen LogP contribution in [0.4, 0.5) is 0 Å². The Hall–Kier alpha value is -0.860. The maximum atomic E-state index is 5.16. The van der Waals surface area contributed by atoms with Crippen LogP contribution in [0.5, 0.6) is 0 Å². The van der Waals surface area contributed by atoms with Crippen molar-refractivity contribution in [2.24, 2.45) is 11.3 Å². The molecule has 1 N–H and O–H groups in total. The van der Waals surface area contributed by atoms with E-state index >= 15 is 0 Å². The Labute approximate surface area is 111 Å². The third kappa shape index (κ3) is 3.33. The number of hydrogen-bond donors (Lipinski definition) is 1. The number of benzene rings is 1.